The fourth-order valence-electron chi connectivity index (χ4n) is 3.04. The number of hydrogen-bond acceptors (Lipinski definition) is 3. The average molecular weight is 284 g/mol. The maximum Gasteiger partial charge on any atom is 0.237 e. The Morgan fingerprint density at radius 1 is 1.30 bits per heavy atom. The maximum atomic E-state index is 12.2. The number of carbonyl (C=O) groups excluding carboxylic acids is 1. The predicted molar refractivity (Wildman–Crippen MR) is 82.6 cm³/mol. The van der Waals surface area contributed by atoms with Gasteiger partial charge in [0.2, 0.25) is 5.91 Å². The molecule has 0 aromatic heterocycles. The molecule has 2 unspecified atom stereocenters. The minimum Gasteiger partial charge on any atom is -0.396 e. The molecule has 1 amide bonds. The minimum atomic E-state index is -0.0668. The topological polar surface area (TPSA) is 52.6 Å². The van der Waals surface area contributed by atoms with Gasteiger partial charge in [-0.05, 0) is 58.0 Å². The zero-order valence-corrected chi connectivity index (χ0v) is 13.6. The number of likely N-dealkylation sites (tertiary alicyclic amines) is 1. The van der Waals surface area contributed by atoms with Crippen LogP contribution in [0, 0.1) is 5.41 Å². The second kappa shape index (κ2) is 7.99. The third-order valence-corrected chi connectivity index (χ3v) is 4.98. The number of aliphatic hydroxyl groups excluding tert-OH is 1. The number of rotatable bonds is 7. The molecule has 4 heteroatoms. The van der Waals surface area contributed by atoms with E-state index in [1.807, 2.05) is 6.92 Å². The van der Waals surface area contributed by atoms with E-state index in [1.165, 1.54) is 0 Å². The van der Waals surface area contributed by atoms with Crippen LogP contribution in [0.1, 0.15) is 59.8 Å². The number of piperidine rings is 1. The first kappa shape index (κ1) is 17.4. The molecule has 2 N–H and O–H groups in total. The van der Waals surface area contributed by atoms with Crippen molar-refractivity contribution >= 4 is 5.91 Å². The molecule has 20 heavy (non-hydrogen) atoms. The number of amides is 1. The summed E-state index contributed by atoms with van der Waals surface area (Å²) >= 11 is 0. The van der Waals surface area contributed by atoms with Crippen LogP contribution in [-0.4, -0.2) is 47.7 Å². The zero-order valence-electron chi connectivity index (χ0n) is 13.6. The van der Waals surface area contributed by atoms with Gasteiger partial charge in [-0.1, -0.05) is 20.3 Å². The van der Waals surface area contributed by atoms with E-state index in [0.717, 1.165) is 45.2 Å². The second-order valence-corrected chi connectivity index (χ2v) is 6.42. The molecule has 1 heterocycles. The third kappa shape index (κ3) is 4.45. The molecule has 0 aromatic rings. The molecule has 0 aromatic carbocycles. The highest BCUT2D eigenvalue weighted by Gasteiger charge is 2.35. The van der Waals surface area contributed by atoms with Crippen LogP contribution in [0.15, 0.2) is 0 Å². The minimum absolute atomic E-state index is 0.0668. The smallest absolute Gasteiger partial charge is 0.237 e. The van der Waals surface area contributed by atoms with Crippen LogP contribution in [0.3, 0.4) is 0 Å². The summed E-state index contributed by atoms with van der Waals surface area (Å²) in [7, 11) is 0. The molecule has 0 aliphatic carbocycles. The van der Waals surface area contributed by atoms with E-state index in [-0.39, 0.29) is 30.0 Å². The van der Waals surface area contributed by atoms with Crippen molar-refractivity contribution in [2.24, 2.45) is 5.41 Å². The fourth-order valence-corrected chi connectivity index (χ4v) is 3.04. The zero-order chi connectivity index (χ0) is 15.2. The average Bonchev–Trinajstić information content (AvgIpc) is 2.46. The van der Waals surface area contributed by atoms with E-state index in [0.29, 0.717) is 0 Å². The largest absolute Gasteiger partial charge is 0.396 e. The monoisotopic (exact) mass is 284 g/mol. The van der Waals surface area contributed by atoms with Gasteiger partial charge in [-0.2, -0.15) is 0 Å². The van der Waals surface area contributed by atoms with Gasteiger partial charge in [-0.15, -0.1) is 0 Å². The molecule has 0 bridgehead atoms. The molecular formula is C16H32N2O2. The summed E-state index contributed by atoms with van der Waals surface area (Å²) in [6.45, 7) is 10.4. The molecule has 1 rings (SSSR count). The van der Waals surface area contributed by atoms with Gasteiger partial charge in [0.1, 0.15) is 0 Å². The van der Waals surface area contributed by atoms with Crippen LogP contribution in [0.5, 0.6) is 0 Å². The van der Waals surface area contributed by atoms with Crippen molar-refractivity contribution in [1.29, 1.82) is 0 Å². The highest BCUT2D eigenvalue weighted by atomic mass is 16.3. The summed E-state index contributed by atoms with van der Waals surface area (Å²) in [6.07, 6.45) is 5.12. The highest BCUT2D eigenvalue weighted by molar-refractivity contribution is 5.81. The summed E-state index contributed by atoms with van der Waals surface area (Å²) in [5.41, 5.74) is 0.0855. The molecule has 4 nitrogen and oxygen atoms in total. The van der Waals surface area contributed by atoms with Gasteiger partial charge in [0.05, 0.1) is 6.04 Å². The van der Waals surface area contributed by atoms with Crippen LogP contribution in [0.4, 0.5) is 0 Å². The van der Waals surface area contributed by atoms with Crippen molar-refractivity contribution in [3.05, 3.63) is 0 Å². The Labute approximate surface area is 123 Å². The number of carbonyl (C=O) groups is 1. The molecular weight excluding hydrogens is 252 g/mol. The summed E-state index contributed by atoms with van der Waals surface area (Å²) in [6, 6.07) is 0.190. The van der Waals surface area contributed by atoms with Crippen molar-refractivity contribution in [2.45, 2.75) is 71.9 Å². The standard InChI is InChI=1S/C16H32N2O2/c1-5-7-13(3)17-15(20)14(4)18-10-8-16(6-2,12-19)9-11-18/h13-14,19H,5-12H2,1-4H3,(H,17,20). The number of nitrogens with one attached hydrogen (secondary N) is 1. The van der Waals surface area contributed by atoms with E-state index in [1.54, 1.807) is 0 Å². The molecule has 1 fully saturated rings. The lowest BCUT2D eigenvalue weighted by atomic mass is 9.76. The van der Waals surface area contributed by atoms with Gasteiger partial charge in [0.25, 0.3) is 0 Å². The molecule has 1 aliphatic rings. The first-order valence-corrected chi connectivity index (χ1v) is 8.13. The number of nitrogens with zero attached hydrogens (tertiary/aromatic N) is 1. The highest BCUT2D eigenvalue weighted by Crippen LogP contribution is 2.34. The van der Waals surface area contributed by atoms with Crippen molar-refractivity contribution in [1.82, 2.24) is 10.2 Å². The second-order valence-electron chi connectivity index (χ2n) is 6.42. The van der Waals surface area contributed by atoms with Gasteiger partial charge >= 0.3 is 0 Å². The van der Waals surface area contributed by atoms with Gasteiger partial charge in [-0.3, -0.25) is 9.69 Å². The molecule has 118 valence electrons. The predicted octanol–water partition coefficient (Wildman–Crippen LogP) is 2.16. The molecule has 2 atom stereocenters. The van der Waals surface area contributed by atoms with Crippen LogP contribution >= 0.6 is 0 Å². The van der Waals surface area contributed by atoms with Gasteiger partial charge < -0.3 is 10.4 Å². The van der Waals surface area contributed by atoms with E-state index in [2.05, 4.69) is 31.0 Å². The van der Waals surface area contributed by atoms with E-state index >= 15 is 0 Å². The summed E-state index contributed by atoms with van der Waals surface area (Å²) < 4.78 is 0. The lowest BCUT2D eigenvalue weighted by molar-refractivity contribution is -0.127. The summed E-state index contributed by atoms with van der Waals surface area (Å²) in [5, 5.41) is 12.7. The Kier molecular flexibility index (Phi) is 6.96. The quantitative estimate of drug-likeness (QED) is 0.753. The van der Waals surface area contributed by atoms with Crippen LogP contribution in [0.2, 0.25) is 0 Å². The maximum absolute atomic E-state index is 12.2. The molecule has 1 aliphatic heterocycles. The van der Waals surface area contributed by atoms with Crippen LogP contribution in [0.25, 0.3) is 0 Å². The van der Waals surface area contributed by atoms with Gasteiger partial charge in [0.15, 0.2) is 0 Å². The summed E-state index contributed by atoms with van der Waals surface area (Å²) in [5.74, 6) is 0.138. The molecule has 0 spiro atoms. The normalized spacial score (nSPS) is 22.2. The van der Waals surface area contributed by atoms with Crippen molar-refractivity contribution in [3.8, 4) is 0 Å². The Hall–Kier alpha value is -0.610. The Balaban J connectivity index is 2.45. The Bertz CT molecular complexity index is 293. The van der Waals surface area contributed by atoms with Crippen molar-refractivity contribution in [2.75, 3.05) is 19.7 Å². The Morgan fingerprint density at radius 3 is 2.35 bits per heavy atom. The van der Waals surface area contributed by atoms with Crippen molar-refractivity contribution in [3.63, 3.8) is 0 Å². The van der Waals surface area contributed by atoms with E-state index in [4.69, 9.17) is 0 Å². The first-order valence-electron chi connectivity index (χ1n) is 8.13. The summed E-state index contributed by atoms with van der Waals surface area (Å²) in [4.78, 5) is 14.5. The fraction of sp³-hybridized carbons (Fsp3) is 0.938. The third-order valence-electron chi connectivity index (χ3n) is 4.98. The molecule has 0 radical (unpaired) electrons. The molecule has 0 saturated carbocycles. The van der Waals surface area contributed by atoms with Crippen LogP contribution < -0.4 is 5.32 Å². The SMILES string of the molecule is CCCC(C)NC(=O)C(C)N1CCC(CC)(CO)CC1. The van der Waals surface area contributed by atoms with E-state index in [9.17, 15) is 9.90 Å². The van der Waals surface area contributed by atoms with Gasteiger partial charge in [-0.25, -0.2) is 0 Å². The number of aliphatic hydroxyl groups is 1. The molecule has 1 saturated heterocycles. The lowest BCUT2D eigenvalue weighted by Gasteiger charge is -2.42. The number of hydrogen-bond donors (Lipinski definition) is 2. The van der Waals surface area contributed by atoms with E-state index < -0.39 is 0 Å². The first-order chi connectivity index (χ1) is 9.48. The van der Waals surface area contributed by atoms with Crippen LogP contribution in [-0.2, 0) is 4.79 Å². The Morgan fingerprint density at radius 2 is 1.90 bits per heavy atom. The van der Waals surface area contributed by atoms with Gasteiger partial charge in [0, 0.05) is 12.6 Å². The lowest BCUT2D eigenvalue weighted by Crippen LogP contribution is -2.52. The van der Waals surface area contributed by atoms with Crippen molar-refractivity contribution < 1.29 is 9.90 Å².